The number of rotatable bonds is 4. The zero-order chi connectivity index (χ0) is 15.9. The van der Waals surface area contributed by atoms with Gasteiger partial charge < -0.3 is 14.4 Å². The van der Waals surface area contributed by atoms with E-state index in [2.05, 4.69) is 15.9 Å². The van der Waals surface area contributed by atoms with Gasteiger partial charge in [0.15, 0.2) is 6.61 Å². The maximum Gasteiger partial charge on any atom is 0.331 e. The van der Waals surface area contributed by atoms with Gasteiger partial charge in [-0.25, -0.2) is 9.18 Å². The molecule has 0 aromatic heterocycles. The van der Waals surface area contributed by atoms with E-state index in [0.717, 1.165) is 6.08 Å². The lowest BCUT2D eigenvalue weighted by molar-refractivity contribution is -0.150. The highest BCUT2D eigenvalue weighted by Crippen LogP contribution is 2.16. The van der Waals surface area contributed by atoms with Gasteiger partial charge in [-0.05, 0) is 24.3 Å². The van der Waals surface area contributed by atoms with Crippen LogP contribution in [-0.2, 0) is 19.1 Å². The Morgan fingerprint density at radius 2 is 2.09 bits per heavy atom. The number of hydrogen-bond acceptors (Lipinski definition) is 4. The summed E-state index contributed by atoms with van der Waals surface area (Å²) in [5.74, 6) is -1.41. The molecule has 1 aromatic rings. The molecule has 1 aliphatic heterocycles. The fraction of sp³-hybridized carbons (Fsp3) is 0.333. The van der Waals surface area contributed by atoms with Gasteiger partial charge in [-0.2, -0.15) is 0 Å². The molecule has 1 aliphatic rings. The molecule has 0 saturated carbocycles. The van der Waals surface area contributed by atoms with Gasteiger partial charge >= 0.3 is 5.97 Å². The zero-order valence-electron chi connectivity index (χ0n) is 11.8. The van der Waals surface area contributed by atoms with E-state index < -0.39 is 11.8 Å². The van der Waals surface area contributed by atoms with Crippen molar-refractivity contribution in [2.45, 2.75) is 0 Å². The first kappa shape index (κ1) is 16.6. The molecule has 0 radical (unpaired) electrons. The first-order chi connectivity index (χ1) is 10.6. The van der Waals surface area contributed by atoms with E-state index in [1.54, 1.807) is 11.0 Å². The van der Waals surface area contributed by atoms with Crippen molar-refractivity contribution in [2.24, 2.45) is 0 Å². The summed E-state index contributed by atoms with van der Waals surface area (Å²) in [5, 5.41) is 0. The summed E-state index contributed by atoms with van der Waals surface area (Å²) < 4.78 is 24.2. The van der Waals surface area contributed by atoms with E-state index in [1.807, 2.05) is 0 Å². The number of hydrogen-bond donors (Lipinski definition) is 0. The molecule has 22 heavy (non-hydrogen) atoms. The molecule has 0 spiro atoms. The van der Waals surface area contributed by atoms with E-state index in [4.69, 9.17) is 9.47 Å². The van der Waals surface area contributed by atoms with Crippen molar-refractivity contribution in [2.75, 3.05) is 32.9 Å². The lowest BCUT2D eigenvalue weighted by Crippen LogP contribution is -2.42. The molecule has 5 nitrogen and oxygen atoms in total. The standard InChI is InChI=1S/C15H15BrFNO4/c16-12-2-3-13(17)11(9-12)1-4-15(20)22-10-14(19)18-5-7-21-8-6-18/h1-4,9H,5-8,10H2/b4-1+. The van der Waals surface area contributed by atoms with Crippen molar-refractivity contribution < 1.29 is 23.5 Å². The minimum atomic E-state index is -0.694. The van der Waals surface area contributed by atoms with Gasteiger partial charge in [-0.1, -0.05) is 15.9 Å². The Labute approximate surface area is 135 Å². The van der Waals surface area contributed by atoms with Crippen LogP contribution < -0.4 is 0 Å². The Hall–Kier alpha value is -1.73. The van der Waals surface area contributed by atoms with E-state index in [-0.39, 0.29) is 18.1 Å². The molecular formula is C15H15BrFNO4. The molecule has 7 heteroatoms. The molecule has 0 N–H and O–H groups in total. The van der Waals surface area contributed by atoms with Gasteiger partial charge in [0.05, 0.1) is 13.2 Å². The largest absolute Gasteiger partial charge is 0.452 e. The molecule has 1 amide bonds. The zero-order valence-corrected chi connectivity index (χ0v) is 13.3. The number of halogens is 2. The quantitative estimate of drug-likeness (QED) is 0.600. The molecule has 1 heterocycles. The number of carbonyl (C=O) groups is 2. The van der Waals surface area contributed by atoms with E-state index in [1.165, 1.54) is 18.2 Å². The highest BCUT2D eigenvalue weighted by atomic mass is 79.9. The van der Waals surface area contributed by atoms with Gasteiger partial charge in [0.2, 0.25) is 0 Å². The minimum absolute atomic E-state index is 0.255. The van der Waals surface area contributed by atoms with E-state index >= 15 is 0 Å². The number of amides is 1. The Morgan fingerprint density at radius 3 is 2.82 bits per heavy atom. The van der Waals surface area contributed by atoms with E-state index in [9.17, 15) is 14.0 Å². The second-order valence-electron chi connectivity index (χ2n) is 4.60. The number of morpholine rings is 1. The van der Waals surface area contributed by atoms with Crippen molar-refractivity contribution in [3.8, 4) is 0 Å². The topological polar surface area (TPSA) is 55.8 Å². The van der Waals surface area contributed by atoms with Gasteiger partial charge in [-0.3, -0.25) is 4.79 Å². The smallest absolute Gasteiger partial charge is 0.331 e. The van der Waals surface area contributed by atoms with Crippen molar-refractivity contribution >= 4 is 33.9 Å². The maximum atomic E-state index is 13.5. The predicted octanol–water partition coefficient (Wildman–Crippen LogP) is 2.00. The van der Waals surface area contributed by atoms with Gasteiger partial charge in [0, 0.05) is 29.2 Å². The van der Waals surface area contributed by atoms with Crippen LogP contribution in [-0.4, -0.2) is 49.7 Å². The van der Waals surface area contributed by atoms with Crippen molar-refractivity contribution in [1.29, 1.82) is 0 Å². The molecule has 1 saturated heterocycles. The predicted molar refractivity (Wildman–Crippen MR) is 81.5 cm³/mol. The van der Waals surface area contributed by atoms with Crippen LogP contribution in [0.1, 0.15) is 5.56 Å². The molecule has 2 rings (SSSR count). The Bertz CT molecular complexity index is 585. The average molecular weight is 372 g/mol. The third kappa shape index (κ3) is 4.92. The highest BCUT2D eigenvalue weighted by molar-refractivity contribution is 9.10. The first-order valence-electron chi connectivity index (χ1n) is 6.71. The molecule has 0 atom stereocenters. The number of ether oxygens (including phenoxy) is 2. The van der Waals surface area contributed by atoms with Crippen LogP contribution >= 0.6 is 15.9 Å². The summed E-state index contributed by atoms with van der Waals surface area (Å²) in [7, 11) is 0. The third-order valence-electron chi connectivity index (χ3n) is 3.06. The summed E-state index contributed by atoms with van der Waals surface area (Å²) in [6, 6.07) is 4.39. The molecule has 1 aromatic carbocycles. The van der Waals surface area contributed by atoms with Crippen LogP contribution in [0.15, 0.2) is 28.7 Å². The highest BCUT2D eigenvalue weighted by Gasteiger charge is 2.17. The average Bonchev–Trinajstić information content (AvgIpc) is 2.54. The summed E-state index contributed by atoms with van der Waals surface area (Å²) in [5.41, 5.74) is 0.255. The SMILES string of the molecule is O=C(/C=C/c1cc(Br)ccc1F)OCC(=O)N1CCOCC1. The summed E-state index contributed by atoms with van der Waals surface area (Å²) in [4.78, 5) is 24.9. The number of nitrogens with zero attached hydrogens (tertiary/aromatic N) is 1. The molecule has 118 valence electrons. The second kappa shape index (κ2) is 8.05. The van der Waals surface area contributed by atoms with Gasteiger partial charge in [0.1, 0.15) is 5.82 Å². The molecule has 0 unspecified atom stereocenters. The van der Waals surface area contributed by atoms with Gasteiger partial charge in [0.25, 0.3) is 5.91 Å². The van der Waals surface area contributed by atoms with Crippen LogP contribution in [0, 0.1) is 5.82 Å². The van der Waals surface area contributed by atoms with Crippen molar-refractivity contribution in [3.05, 3.63) is 40.1 Å². The number of benzene rings is 1. The number of carbonyl (C=O) groups excluding carboxylic acids is 2. The van der Waals surface area contributed by atoms with Crippen LogP contribution in [0.3, 0.4) is 0 Å². The molecular weight excluding hydrogens is 357 g/mol. The van der Waals surface area contributed by atoms with Gasteiger partial charge in [-0.15, -0.1) is 0 Å². The second-order valence-corrected chi connectivity index (χ2v) is 5.52. The normalized spacial score (nSPS) is 15.1. The summed E-state index contributed by atoms with van der Waals surface area (Å²) >= 11 is 3.22. The van der Waals surface area contributed by atoms with Crippen LogP contribution in [0.25, 0.3) is 6.08 Å². The van der Waals surface area contributed by atoms with Crippen molar-refractivity contribution in [1.82, 2.24) is 4.90 Å². The Morgan fingerprint density at radius 1 is 1.36 bits per heavy atom. The Balaban J connectivity index is 1.83. The third-order valence-corrected chi connectivity index (χ3v) is 3.55. The molecule has 1 fully saturated rings. The maximum absolute atomic E-state index is 13.5. The van der Waals surface area contributed by atoms with Crippen LogP contribution in [0.5, 0.6) is 0 Å². The minimum Gasteiger partial charge on any atom is -0.452 e. The fourth-order valence-corrected chi connectivity index (χ4v) is 2.26. The summed E-state index contributed by atoms with van der Waals surface area (Å²) in [6.45, 7) is 1.64. The van der Waals surface area contributed by atoms with Crippen LogP contribution in [0.4, 0.5) is 4.39 Å². The first-order valence-corrected chi connectivity index (χ1v) is 7.51. The monoisotopic (exact) mass is 371 g/mol. The molecule has 0 aliphatic carbocycles. The van der Waals surface area contributed by atoms with Crippen LogP contribution in [0.2, 0.25) is 0 Å². The number of esters is 1. The Kier molecular flexibility index (Phi) is 6.09. The van der Waals surface area contributed by atoms with Crippen molar-refractivity contribution in [3.63, 3.8) is 0 Å². The van der Waals surface area contributed by atoms with E-state index in [0.29, 0.717) is 30.8 Å². The fourth-order valence-electron chi connectivity index (χ4n) is 1.89. The lowest BCUT2D eigenvalue weighted by Gasteiger charge is -2.26. The summed E-state index contributed by atoms with van der Waals surface area (Å²) in [6.07, 6.45) is 2.40. The lowest BCUT2D eigenvalue weighted by atomic mass is 10.2. The molecule has 0 bridgehead atoms.